The summed E-state index contributed by atoms with van der Waals surface area (Å²) in [7, 11) is -3.62. The minimum atomic E-state index is -3.62. The van der Waals surface area contributed by atoms with E-state index in [1.807, 2.05) is 36.4 Å². The first-order chi connectivity index (χ1) is 12.4. The molecule has 0 unspecified atom stereocenters. The molecule has 1 N–H and O–H groups in total. The summed E-state index contributed by atoms with van der Waals surface area (Å²) in [4.78, 5) is 4.56. The Kier molecular flexibility index (Phi) is 6.10. The molecule has 7 heteroatoms. The summed E-state index contributed by atoms with van der Waals surface area (Å²) in [6, 6.07) is 21.4. The topological polar surface area (TPSA) is 58.5 Å². The van der Waals surface area contributed by atoms with E-state index in [2.05, 4.69) is 48.2 Å². The highest BCUT2D eigenvalue weighted by molar-refractivity contribution is 14.1. The average molecular weight is 541 g/mol. The van der Waals surface area contributed by atoms with Gasteiger partial charge in [0.15, 0.2) is 0 Å². The van der Waals surface area contributed by atoms with E-state index in [-0.39, 0.29) is 4.90 Å². The smallest absolute Gasteiger partial charge is 0.261 e. The van der Waals surface area contributed by atoms with Gasteiger partial charge in [-0.15, -0.1) is 0 Å². The largest absolute Gasteiger partial charge is 0.280 e. The lowest BCUT2D eigenvalue weighted by Crippen LogP contribution is -2.12. The minimum Gasteiger partial charge on any atom is -0.280 e. The average Bonchev–Trinajstić information content (AvgIpc) is 2.63. The molecule has 3 aromatic rings. The lowest BCUT2D eigenvalue weighted by Gasteiger charge is -2.08. The van der Waals surface area contributed by atoms with Crippen LogP contribution in [-0.2, 0) is 10.0 Å². The summed E-state index contributed by atoms with van der Waals surface area (Å²) < 4.78 is 29.5. The maximum Gasteiger partial charge on any atom is 0.261 e. The molecule has 0 bridgehead atoms. The predicted octanol–water partition coefficient (Wildman–Crippen LogP) is 5.61. The highest BCUT2D eigenvalue weighted by Gasteiger charge is 2.13. The second-order valence-electron chi connectivity index (χ2n) is 5.42. The molecule has 132 valence electrons. The summed E-state index contributed by atoms with van der Waals surface area (Å²) in [6.45, 7) is 0. The predicted molar refractivity (Wildman–Crippen MR) is 118 cm³/mol. The lowest BCUT2D eigenvalue weighted by atomic mass is 10.2. The van der Waals surface area contributed by atoms with Crippen LogP contribution in [0, 0.1) is 3.57 Å². The number of nitrogens with zero attached hydrogens (tertiary/aromatic N) is 1. The fourth-order valence-electron chi connectivity index (χ4n) is 2.14. The molecule has 0 aromatic heterocycles. The zero-order valence-corrected chi connectivity index (χ0v) is 18.0. The van der Waals surface area contributed by atoms with Gasteiger partial charge in [0, 0.05) is 19.9 Å². The lowest BCUT2D eigenvalue weighted by molar-refractivity contribution is 0.601. The van der Waals surface area contributed by atoms with Gasteiger partial charge in [0.2, 0.25) is 0 Å². The van der Waals surface area contributed by atoms with Gasteiger partial charge in [-0.2, -0.15) is 0 Å². The van der Waals surface area contributed by atoms with Crippen molar-refractivity contribution in [2.24, 2.45) is 4.99 Å². The molecule has 0 fully saturated rings. The molecule has 26 heavy (non-hydrogen) atoms. The third kappa shape index (κ3) is 5.15. The van der Waals surface area contributed by atoms with Gasteiger partial charge in [-0.05, 0) is 88.8 Å². The molecule has 0 saturated carbocycles. The van der Waals surface area contributed by atoms with Gasteiger partial charge >= 0.3 is 0 Å². The monoisotopic (exact) mass is 540 g/mol. The number of halogens is 2. The molecule has 3 aromatic carbocycles. The Morgan fingerprint density at radius 3 is 2.12 bits per heavy atom. The van der Waals surface area contributed by atoms with Crippen LogP contribution in [0.25, 0.3) is 0 Å². The number of hydrogen-bond donors (Lipinski definition) is 1. The van der Waals surface area contributed by atoms with Crippen molar-refractivity contribution in [2.45, 2.75) is 4.90 Å². The van der Waals surface area contributed by atoms with E-state index in [0.29, 0.717) is 11.4 Å². The van der Waals surface area contributed by atoms with E-state index < -0.39 is 10.0 Å². The minimum absolute atomic E-state index is 0.193. The van der Waals surface area contributed by atoms with Crippen molar-refractivity contribution in [2.75, 3.05) is 4.72 Å². The zero-order valence-electron chi connectivity index (χ0n) is 13.4. The van der Waals surface area contributed by atoms with Gasteiger partial charge in [0.1, 0.15) is 0 Å². The van der Waals surface area contributed by atoms with Gasteiger partial charge in [-0.25, -0.2) is 8.42 Å². The normalized spacial score (nSPS) is 11.6. The van der Waals surface area contributed by atoms with Gasteiger partial charge in [-0.3, -0.25) is 9.71 Å². The Bertz CT molecular complexity index is 1020. The van der Waals surface area contributed by atoms with Crippen LogP contribution in [0.2, 0.25) is 0 Å². The number of benzene rings is 3. The Balaban J connectivity index is 1.73. The van der Waals surface area contributed by atoms with Crippen molar-refractivity contribution in [3.63, 3.8) is 0 Å². The van der Waals surface area contributed by atoms with Crippen LogP contribution in [0.5, 0.6) is 0 Å². The maximum absolute atomic E-state index is 12.5. The van der Waals surface area contributed by atoms with Crippen molar-refractivity contribution in [3.05, 3.63) is 86.4 Å². The zero-order chi connectivity index (χ0) is 18.6. The Morgan fingerprint density at radius 1 is 0.885 bits per heavy atom. The molecular formula is C19H14BrIN2O2S. The van der Waals surface area contributed by atoms with Crippen LogP contribution < -0.4 is 4.72 Å². The van der Waals surface area contributed by atoms with Crippen LogP contribution in [0.15, 0.2) is 87.2 Å². The van der Waals surface area contributed by atoms with Crippen molar-refractivity contribution in [1.29, 1.82) is 0 Å². The summed E-state index contributed by atoms with van der Waals surface area (Å²) in [6.07, 6.45) is 1.74. The number of sulfonamides is 1. The molecule has 0 amide bonds. The second-order valence-corrected chi connectivity index (χ2v) is 9.26. The first-order valence-corrected chi connectivity index (χ1v) is 11.0. The third-order valence-electron chi connectivity index (χ3n) is 3.48. The van der Waals surface area contributed by atoms with E-state index in [0.717, 1.165) is 13.6 Å². The molecule has 0 saturated heterocycles. The van der Waals surface area contributed by atoms with Gasteiger partial charge in [-0.1, -0.05) is 28.1 Å². The second kappa shape index (κ2) is 8.32. The van der Waals surface area contributed by atoms with Crippen molar-refractivity contribution < 1.29 is 8.42 Å². The number of nitrogens with one attached hydrogen (secondary N) is 1. The molecule has 0 spiro atoms. The summed E-state index contributed by atoms with van der Waals surface area (Å²) >= 11 is 5.56. The molecule has 0 atom stereocenters. The number of anilines is 1. The van der Waals surface area contributed by atoms with Crippen molar-refractivity contribution >= 4 is 66.1 Å². The van der Waals surface area contributed by atoms with Crippen LogP contribution >= 0.6 is 38.5 Å². The van der Waals surface area contributed by atoms with Crippen molar-refractivity contribution in [3.8, 4) is 0 Å². The summed E-state index contributed by atoms with van der Waals surface area (Å²) in [5, 5.41) is 0. The SMILES string of the molecule is O=S(=O)(Nc1ccc(I)cc1)c1ccc(N=Cc2ccc(Br)cc2)cc1. The van der Waals surface area contributed by atoms with Gasteiger partial charge < -0.3 is 0 Å². The molecule has 0 aliphatic rings. The highest BCUT2D eigenvalue weighted by atomic mass is 127. The highest BCUT2D eigenvalue weighted by Crippen LogP contribution is 2.20. The summed E-state index contributed by atoms with van der Waals surface area (Å²) in [5.41, 5.74) is 2.18. The molecule has 0 aliphatic carbocycles. The Labute approximate surface area is 174 Å². The van der Waals surface area contributed by atoms with E-state index in [9.17, 15) is 8.42 Å². The first-order valence-electron chi connectivity index (χ1n) is 7.60. The van der Waals surface area contributed by atoms with Crippen molar-refractivity contribution in [1.82, 2.24) is 0 Å². The van der Waals surface area contributed by atoms with E-state index in [1.54, 1.807) is 42.6 Å². The fraction of sp³-hybridized carbons (Fsp3) is 0. The Hall–Kier alpha value is -1.71. The van der Waals surface area contributed by atoms with E-state index in [1.165, 1.54) is 0 Å². The molecular weight excluding hydrogens is 527 g/mol. The van der Waals surface area contributed by atoms with Crippen LogP contribution in [0.3, 0.4) is 0 Å². The van der Waals surface area contributed by atoms with Crippen LogP contribution in [0.1, 0.15) is 5.56 Å². The molecule has 0 aliphatic heterocycles. The quantitative estimate of drug-likeness (QED) is 0.338. The maximum atomic E-state index is 12.5. The van der Waals surface area contributed by atoms with E-state index >= 15 is 0 Å². The van der Waals surface area contributed by atoms with Crippen LogP contribution in [-0.4, -0.2) is 14.6 Å². The number of aliphatic imine (C=N–C) groups is 1. The Morgan fingerprint density at radius 2 is 1.50 bits per heavy atom. The molecule has 0 radical (unpaired) electrons. The molecule has 3 rings (SSSR count). The standard InChI is InChI=1S/C19H14BrIN2O2S/c20-15-3-1-14(2-4-15)13-22-17-9-11-19(12-10-17)26(24,25)23-18-7-5-16(21)6-8-18/h1-13,23H. The first kappa shape index (κ1) is 19.1. The number of hydrogen-bond acceptors (Lipinski definition) is 3. The fourth-order valence-corrected chi connectivity index (χ4v) is 3.82. The van der Waals surface area contributed by atoms with Crippen LogP contribution in [0.4, 0.5) is 11.4 Å². The molecule has 4 nitrogen and oxygen atoms in total. The molecule has 0 heterocycles. The van der Waals surface area contributed by atoms with Gasteiger partial charge in [0.05, 0.1) is 10.6 Å². The van der Waals surface area contributed by atoms with E-state index in [4.69, 9.17) is 0 Å². The number of rotatable bonds is 5. The third-order valence-corrected chi connectivity index (χ3v) is 6.12. The van der Waals surface area contributed by atoms with Gasteiger partial charge in [0.25, 0.3) is 10.0 Å². The summed E-state index contributed by atoms with van der Waals surface area (Å²) in [5.74, 6) is 0.